The van der Waals surface area contributed by atoms with Gasteiger partial charge in [0, 0.05) is 45.3 Å². The molecule has 2 saturated heterocycles. The molecule has 0 bridgehead atoms. The van der Waals surface area contributed by atoms with Crippen molar-refractivity contribution in [3.63, 3.8) is 0 Å². The van der Waals surface area contributed by atoms with E-state index in [2.05, 4.69) is 16.7 Å². The van der Waals surface area contributed by atoms with Crippen LogP contribution < -0.4 is 9.47 Å². The van der Waals surface area contributed by atoms with Gasteiger partial charge in [-0.2, -0.15) is 0 Å². The van der Waals surface area contributed by atoms with Crippen molar-refractivity contribution in [3.8, 4) is 11.5 Å². The Balaban J connectivity index is 1.41. The summed E-state index contributed by atoms with van der Waals surface area (Å²) in [7, 11) is 1.64. The Morgan fingerprint density at radius 1 is 1.00 bits per heavy atom. The summed E-state index contributed by atoms with van der Waals surface area (Å²) in [6.45, 7) is 8.82. The molecule has 6 nitrogen and oxygen atoms in total. The number of benzene rings is 1. The van der Waals surface area contributed by atoms with Crippen LogP contribution in [0.15, 0.2) is 18.2 Å². The minimum Gasteiger partial charge on any atom is -0.497 e. The molecule has 0 unspecified atom stereocenters. The number of rotatable bonds is 6. The number of ether oxygens (including phenoxy) is 2. The second-order valence-corrected chi connectivity index (χ2v) is 8.88. The quantitative estimate of drug-likeness (QED) is 0.714. The molecule has 2 aliphatic heterocycles. The summed E-state index contributed by atoms with van der Waals surface area (Å²) in [5, 5.41) is 0. The van der Waals surface area contributed by atoms with E-state index in [0.717, 1.165) is 64.7 Å². The minimum atomic E-state index is 0.0584. The molecule has 1 saturated carbocycles. The molecule has 0 N–H and O–H groups in total. The molecule has 6 heteroatoms. The average molecular weight is 416 g/mol. The molecule has 1 amide bonds. The number of likely N-dealkylation sites (tertiary alicyclic amines) is 1. The van der Waals surface area contributed by atoms with E-state index >= 15 is 0 Å². The van der Waals surface area contributed by atoms with Crippen LogP contribution in [0.1, 0.15) is 55.8 Å². The standard InChI is InChI=1S/C24H37N3O3/c1-3-25-14-16-27(17-15-25)24(28)22-18-21(29-2)8-9-23(22)30-20-10-12-26(13-11-20)19-6-4-5-7-19/h8-9,18-20H,3-7,10-17H2,1-2H3. The first-order chi connectivity index (χ1) is 14.7. The molecule has 3 aliphatic rings. The zero-order valence-electron chi connectivity index (χ0n) is 18.6. The Kier molecular flexibility index (Phi) is 7.16. The highest BCUT2D eigenvalue weighted by Crippen LogP contribution is 2.31. The van der Waals surface area contributed by atoms with Gasteiger partial charge < -0.3 is 24.2 Å². The predicted molar refractivity (Wildman–Crippen MR) is 118 cm³/mol. The highest BCUT2D eigenvalue weighted by molar-refractivity contribution is 5.97. The zero-order chi connectivity index (χ0) is 20.9. The molecule has 166 valence electrons. The van der Waals surface area contributed by atoms with E-state index in [1.165, 1.54) is 25.7 Å². The van der Waals surface area contributed by atoms with Crippen LogP contribution in [0.2, 0.25) is 0 Å². The number of carbonyl (C=O) groups excluding carboxylic acids is 1. The SMILES string of the molecule is CCN1CCN(C(=O)c2cc(OC)ccc2OC2CCN(C3CCCC3)CC2)CC1. The van der Waals surface area contributed by atoms with Crippen molar-refractivity contribution < 1.29 is 14.3 Å². The monoisotopic (exact) mass is 415 g/mol. The van der Waals surface area contributed by atoms with E-state index in [0.29, 0.717) is 17.1 Å². The first kappa shape index (κ1) is 21.4. The van der Waals surface area contributed by atoms with Gasteiger partial charge in [0.15, 0.2) is 0 Å². The van der Waals surface area contributed by atoms with Gasteiger partial charge in [-0.15, -0.1) is 0 Å². The summed E-state index contributed by atoms with van der Waals surface area (Å²) in [4.78, 5) is 20.3. The Bertz CT molecular complexity index is 704. The van der Waals surface area contributed by atoms with Crippen LogP contribution in [0.25, 0.3) is 0 Å². The second kappa shape index (κ2) is 10.0. The third kappa shape index (κ3) is 4.92. The number of piperazine rings is 1. The van der Waals surface area contributed by atoms with Gasteiger partial charge in [0.2, 0.25) is 0 Å². The fraction of sp³-hybridized carbons (Fsp3) is 0.708. The van der Waals surface area contributed by atoms with Crippen LogP contribution in [0.3, 0.4) is 0 Å². The van der Waals surface area contributed by atoms with E-state index in [1.54, 1.807) is 7.11 Å². The van der Waals surface area contributed by atoms with Crippen LogP contribution in [0.4, 0.5) is 0 Å². The van der Waals surface area contributed by atoms with Gasteiger partial charge in [-0.1, -0.05) is 19.8 Å². The summed E-state index contributed by atoms with van der Waals surface area (Å²) in [5.74, 6) is 1.47. The largest absolute Gasteiger partial charge is 0.497 e. The molecule has 0 aromatic heterocycles. The molecule has 0 radical (unpaired) electrons. The molecule has 3 fully saturated rings. The number of piperidine rings is 1. The molecule has 1 aliphatic carbocycles. The summed E-state index contributed by atoms with van der Waals surface area (Å²) in [6.07, 6.45) is 7.72. The van der Waals surface area contributed by atoms with E-state index in [1.807, 2.05) is 23.1 Å². The van der Waals surface area contributed by atoms with Crippen molar-refractivity contribution in [2.75, 3.05) is 52.9 Å². The lowest BCUT2D eigenvalue weighted by atomic mass is 10.0. The molecule has 0 atom stereocenters. The Labute approximate surface area is 181 Å². The topological polar surface area (TPSA) is 45.3 Å². The van der Waals surface area contributed by atoms with Crippen LogP contribution in [0, 0.1) is 0 Å². The van der Waals surface area contributed by atoms with Crippen LogP contribution in [-0.4, -0.2) is 85.7 Å². The number of hydrogen-bond acceptors (Lipinski definition) is 5. The number of amides is 1. The number of methoxy groups -OCH3 is 1. The normalized spacial score (nSPS) is 22.4. The maximum atomic E-state index is 13.3. The molecule has 4 rings (SSSR count). The summed E-state index contributed by atoms with van der Waals surface area (Å²) < 4.78 is 11.8. The number of hydrogen-bond donors (Lipinski definition) is 0. The third-order valence-electron chi connectivity index (χ3n) is 7.14. The molecular weight excluding hydrogens is 378 g/mol. The highest BCUT2D eigenvalue weighted by Gasteiger charge is 2.29. The van der Waals surface area contributed by atoms with Crippen molar-refractivity contribution >= 4 is 5.91 Å². The first-order valence-corrected chi connectivity index (χ1v) is 11.8. The van der Waals surface area contributed by atoms with Gasteiger partial charge in [-0.05, 0) is 50.4 Å². The Morgan fingerprint density at radius 2 is 1.70 bits per heavy atom. The Morgan fingerprint density at radius 3 is 2.33 bits per heavy atom. The fourth-order valence-electron chi connectivity index (χ4n) is 5.15. The van der Waals surface area contributed by atoms with Crippen molar-refractivity contribution in [2.24, 2.45) is 0 Å². The smallest absolute Gasteiger partial charge is 0.257 e. The Hall–Kier alpha value is -1.79. The summed E-state index contributed by atoms with van der Waals surface area (Å²) in [5.41, 5.74) is 0.637. The zero-order valence-corrected chi connectivity index (χ0v) is 18.6. The summed E-state index contributed by atoms with van der Waals surface area (Å²) >= 11 is 0. The average Bonchev–Trinajstić information content (AvgIpc) is 3.34. The molecular formula is C24H37N3O3. The first-order valence-electron chi connectivity index (χ1n) is 11.8. The summed E-state index contributed by atoms with van der Waals surface area (Å²) in [6, 6.07) is 6.44. The molecule has 0 spiro atoms. The number of likely N-dealkylation sites (N-methyl/N-ethyl adjacent to an activating group) is 1. The van der Waals surface area contributed by atoms with Gasteiger partial charge in [0.1, 0.15) is 17.6 Å². The van der Waals surface area contributed by atoms with Gasteiger partial charge in [0.05, 0.1) is 12.7 Å². The maximum absolute atomic E-state index is 13.3. The van der Waals surface area contributed by atoms with Crippen LogP contribution >= 0.6 is 0 Å². The molecule has 30 heavy (non-hydrogen) atoms. The van der Waals surface area contributed by atoms with E-state index in [9.17, 15) is 4.79 Å². The van der Waals surface area contributed by atoms with Crippen molar-refractivity contribution in [3.05, 3.63) is 23.8 Å². The molecule has 1 aromatic carbocycles. The predicted octanol–water partition coefficient (Wildman–Crippen LogP) is 3.26. The van der Waals surface area contributed by atoms with Crippen LogP contribution in [0.5, 0.6) is 11.5 Å². The van der Waals surface area contributed by atoms with Gasteiger partial charge in [-0.25, -0.2) is 0 Å². The maximum Gasteiger partial charge on any atom is 0.257 e. The van der Waals surface area contributed by atoms with Gasteiger partial charge in [0.25, 0.3) is 5.91 Å². The second-order valence-electron chi connectivity index (χ2n) is 8.88. The highest BCUT2D eigenvalue weighted by atomic mass is 16.5. The van der Waals surface area contributed by atoms with Crippen molar-refractivity contribution in [1.29, 1.82) is 0 Å². The van der Waals surface area contributed by atoms with Crippen molar-refractivity contribution in [2.45, 2.75) is 57.6 Å². The third-order valence-corrected chi connectivity index (χ3v) is 7.14. The fourth-order valence-corrected chi connectivity index (χ4v) is 5.15. The minimum absolute atomic E-state index is 0.0584. The molecule has 1 aromatic rings. The van der Waals surface area contributed by atoms with E-state index < -0.39 is 0 Å². The number of nitrogens with zero attached hydrogens (tertiary/aromatic N) is 3. The molecule has 2 heterocycles. The lowest BCUT2D eigenvalue weighted by molar-refractivity contribution is 0.0613. The lowest BCUT2D eigenvalue weighted by Crippen LogP contribution is -2.48. The van der Waals surface area contributed by atoms with Crippen molar-refractivity contribution in [1.82, 2.24) is 14.7 Å². The number of carbonyl (C=O) groups is 1. The van der Waals surface area contributed by atoms with Crippen LogP contribution in [-0.2, 0) is 0 Å². The van der Waals surface area contributed by atoms with E-state index in [-0.39, 0.29) is 12.0 Å². The lowest BCUT2D eigenvalue weighted by Gasteiger charge is -2.36. The van der Waals surface area contributed by atoms with Gasteiger partial charge in [-0.3, -0.25) is 4.79 Å². The van der Waals surface area contributed by atoms with Gasteiger partial charge >= 0.3 is 0 Å². The van der Waals surface area contributed by atoms with E-state index in [4.69, 9.17) is 9.47 Å².